The van der Waals surface area contributed by atoms with E-state index in [0.29, 0.717) is 23.7 Å². The number of carbonyl (C=O) groups excluding carboxylic acids is 2. The van der Waals surface area contributed by atoms with Crippen LogP contribution in [0.1, 0.15) is 46.3 Å². The first-order valence-corrected chi connectivity index (χ1v) is 15.9. The van der Waals surface area contributed by atoms with E-state index in [0.717, 1.165) is 52.9 Å². The maximum Gasteiger partial charge on any atom is 0.446 e. The van der Waals surface area contributed by atoms with Crippen LogP contribution >= 0.6 is 0 Å². The topological polar surface area (TPSA) is 132 Å². The Morgan fingerprint density at radius 2 is 1.42 bits per heavy atom. The average Bonchev–Trinajstić information content (AvgIpc) is 3.98. The van der Waals surface area contributed by atoms with Gasteiger partial charge in [-0.15, -0.1) is 0 Å². The molecule has 9 rings (SSSR count). The molecule has 13 heteroatoms. The lowest BCUT2D eigenvalue weighted by Crippen LogP contribution is -2.17. The van der Waals surface area contributed by atoms with Gasteiger partial charge in [-0.3, -0.25) is 9.59 Å². The molecule has 272 valence electrons. The number of hydrogen-bond donors (Lipinski definition) is 3. The number of ether oxygens (including phenoxy) is 5. The third-order valence-corrected chi connectivity index (χ3v) is 8.20. The van der Waals surface area contributed by atoms with Crippen molar-refractivity contribution in [3.8, 4) is 23.0 Å². The van der Waals surface area contributed by atoms with Gasteiger partial charge in [0.05, 0.1) is 17.9 Å². The molecule has 2 aromatic heterocycles. The largest absolute Gasteiger partial charge is 0.454 e. The number of para-hydroxylation sites is 4. The third kappa shape index (κ3) is 8.39. The van der Waals surface area contributed by atoms with Gasteiger partial charge in [-0.25, -0.2) is 0 Å². The monoisotopic (exact) mass is 718 g/mol. The second-order valence-corrected chi connectivity index (χ2v) is 11.3. The normalized spacial score (nSPS) is 14.7. The van der Waals surface area contributed by atoms with Crippen LogP contribution in [0.4, 0.5) is 13.2 Å². The number of halogens is 3. The molecule has 52 heavy (non-hydrogen) atoms. The molecular formula is C39H37F3N2O8. The van der Waals surface area contributed by atoms with E-state index in [1.807, 2.05) is 36.5 Å². The average molecular weight is 719 g/mol. The Hall–Kier alpha value is -5.79. The first-order chi connectivity index (χ1) is 24.8. The summed E-state index contributed by atoms with van der Waals surface area (Å²) in [5, 5.41) is 11.3. The Morgan fingerprint density at radius 1 is 0.788 bits per heavy atom. The number of aliphatic hydroxyl groups is 1. The molecule has 0 radical (unpaired) electrons. The molecule has 1 unspecified atom stereocenters. The maximum atomic E-state index is 10.4. The predicted molar refractivity (Wildman–Crippen MR) is 188 cm³/mol. The van der Waals surface area contributed by atoms with E-state index < -0.39 is 12.5 Å². The third-order valence-electron chi connectivity index (χ3n) is 8.20. The number of H-pyrrole nitrogens is 2. The summed E-state index contributed by atoms with van der Waals surface area (Å²) < 4.78 is 58.6. The molecule has 0 saturated carbocycles. The fraction of sp³-hybridized carbons (Fsp3) is 0.231. The molecule has 4 aromatic carbocycles. The Bertz CT molecular complexity index is 2120. The molecular weight excluding hydrogens is 681 g/mol. The SMILES string of the molecule is C.O=CC(F)(F)F.O=Cc1cccc2c1OCO2.OCCc1c[nH]c2ccccc12.c1cc2c(c(C3OCCc4c3[nH]c3ccccc43)c1)OCO2. The van der Waals surface area contributed by atoms with E-state index in [4.69, 9.17) is 33.6 Å². The number of nitrogens with one attached hydrogen (secondary N) is 2. The molecule has 1 atom stereocenters. The van der Waals surface area contributed by atoms with Crippen molar-refractivity contribution in [1.82, 2.24) is 9.97 Å². The van der Waals surface area contributed by atoms with Crippen molar-refractivity contribution in [3.63, 3.8) is 0 Å². The van der Waals surface area contributed by atoms with Gasteiger partial charge in [0.2, 0.25) is 19.9 Å². The van der Waals surface area contributed by atoms with Crippen molar-refractivity contribution < 1.29 is 51.6 Å². The molecule has 3 aliphatic rings. The molecule has 10 nitrogen and oxygen atoms in total. The van der Waals surface area contributed by atoms with Crippen molar-refractivity contribution in [2.24, 2.45) is 0 Å². The summed E-state index contributed by atoms with van der Waals surface area (Å²) in [5.74, 6) is 2.81. The van der Waals surface area contributed by atoms with Crippen molar-refractivity contribution in [1.29, 1.82) is 0 Å². The lowest BCUT2D eigenvalue weighted by Gasteiger charge is -2.24. The van der Waals surface area contributed by atoms with Crippen molar-refractivity contribution in [3.05, 3.63) is 119 Å². The molecule has 0 spiro atoms. The van der Waals surface area contributed by atoms with Gasteiger partial charge in [0.1, 0.15) is 6.10 Å². The van der Waals surface area contributed by atoms with Gasteiger partial charge in [0, 0.05) is 40.2 Å². The highest BCUT2D eigenvalue weighted by Gasteiger charge is 2.31. The minimum Gasteiger partial charge on any atom is -0.454 e. The summed E-state index contributed by atoms with van der Waals surface area (Å²) in [7, 11) is 0. The number of hydrogen-bond acceptors (Lipinski definition) is 8. The van der Waals surface area contributed by atoms with Crippen LogP contribution in [0.3, 0.4) is 0 Å². The minimum atomic E-state index is -4.64. The van der Waals surface area contributed by atoms with Crippen LogP contribution in [-0.2, 0) is 22.4 Å². The van der Waals surface area contributed by atoms with Crippen LogP contribution in [-0.4, -0.2) is 60.6 Å². The van der Waals surface area contributed by atoms with Gasteiger partial charge in [-0.1, -0.05) is 62.0 Å². The maximum absolute atomic E-state index is 10.4. The Kier molecular flexibility index (Phi) is 12.2. The second kappa shape index (κ2) is 16.9. The van der Waals surface area contributed by atoms with E-state index in [1.54, 1.807) is 18.2 Å². The zero-order valence-corrected chi connectivity index (χ0v) is 27.1. The van der Waals surface area contributed by atoms with Gasteiger partial charge in [0.15, 0.2) is 29.3 Å². The fourth-order valence-corrected chi connectivity index (χ4v) is 5.99. The molecule has 0 amide bonds. The van der Waals surface area contributed by atoms with Gasteiger partial charge in [0.25, 0.3) is 0 Å². The highest BCUT2D eigenvalue weighted by Crippen LogP contribution is 2.44. The lowest BCUT2D eigenvalue weighted by molar-refractivity contribution is -0.156. The van der Waals surface area contributed by atoms with Crippen LogP contribution in [0.2, 0.25) is 0 Å². The molecule has 5 heterocycles. The summed E-state index contributed by atoms with van der Waals surface area (Å²) in [6, 6.07) is 27.7. The number of fused-ring (bicyclic) bond motifs is 6. The van der Waals surface area contributed by atoms with Crippen LogP contribution in [0.15, 0.2) is 91.1 Å². The standard InChI is InChI=1S/C18H15NO3.C10H11NO.C8H6O3.C2HF3O.CH4/c1-2-6-14-11(4-1)12-8-9-20-18(16(12)19-14)13-5-3-7-15-17(13)22-10-21-15;12-6-5-8-7-11-10-4-2-1-3-9(8)10;9-4-6-2-1-3-7-8(6)11-5-10-7;3-2(4,5)1-6;/h1-7,18-19H,8-10H2;1-4,7,11-12H,5-6H2;1-4H,5H2;1H;1H4. The van der Waals surface area contributed by atoms with Crippen LogP contribution in [0.25, 0.3) is 21.8 Å². The number of benzene rings is 4. The van der Waals surface area contributed by atoms with Crippen LogP contribution < -0.4 is 18.9 Å². The number of carbonyl (C=O) groups is 2. The number of aromatic nitrogens is 2. The molecule has 0 fully saturated rings. The van der Waals surface area contributed by atoms with E-state index in [1.165, 1.54) is 21.9 Å². The molecule has 3 aliphatic heterocycles. The number of alkyl halides is 3. The number of aliphatic hydroxyl groups excluding tert-OH is 1. The van der Waals surface area contributed by atoms with Gasteiger partial charge in [-0.2, -0.15) is 13.2 Å². The summed E-state index contributed by atoms with van der Waals surface area (Å²) in [4.78, 5) is 25.8. The predicted octanol–water partition coefficient (Wildman–Crippen LogP) is 7.87. The van der Waals surface area contributed by atoms with Crippen molar-refractivity contribution in [2.45, 2.75) is 32.5 Å². The first-order valence-electron chi connectivity index (χ1n) is 15.9. The van der Waals surface area contributed by atoms with Crippen LogP contribution in [0, 0.1) is 0 Å². The molecule has 6 aromatic rings. The molecule has 3 N–H and O–H groups in total. The highest BCUT2D eigenvalue weighted by molar-refractivity contribution is 5.85. The van der Waals surface area contributed by atoms with Gasteiger partial charge < -0.3 is 38.8 Å². The summed E-state index contributed by atoms with van der Waals surface area (Å²) in [6.45, 7) is 1.41. The lowest BCUT2D eigenvalue weighted by atomic mass is 9.97. The number of rotatable bonds is 4. The zero-order chi connectivity index (χ0) is 35.8. The summed E-state index contributed by atoms with van der Waals surface area (Å²) >= 11 is 0. The smallest absolute Gasteiger partial charge is 0.446 e. The summed E-state index contributed by atoms with van der Waals surface area (Å²) in [5.41, 5.74) is 7.55. The highest BCUT2D eigenvalue weighted by atomic mass is 19.4. The number of aldehydes is 2. The van der Waals surface area contributed by atoms with Crippen molar-refractivity contribution in [2.75, 3.05) is 26.8 Å². The van der Waals surface area contributed by atoms with Crippen molar-refractivity contribution >= 4 is 34.4 Å². The van der Waals surface area contributed by atoms with E-state index in [2.05, 4.69) is 46.4 Å². The van der Waals surface area contributed by atoms with E-state index in [-0.39, 0.29) is 33.7 Å². The van der Waals surface area contributed by atoms with Crippen LogP contribution in [0.5, 0.6) is 23.0 Å². The zero-order valence-electron chi connectivity index (χ0n) is 27.1. The molecule has 0 saturated heterocycles. The quantitative estimate of drug-likeness (QED) is 0.157. The Balaban J connectivity index is 0.000000149. The summed E-state index contributed by atoms with van der Waals surface area (Å²) in [6.07, 6.45) is -1.46. The van der Waals surface area contributed by atoms with E-state index >= 15 is 0 Å². The minimum absolute atomic E-state index is 0. The number of aromatic amines is 2. The Morgan fingerprint density at radius 3 is 2.12 bits per heavy atom. The van der Waals surface area contributed by atoms with E-state index in [9.17, 15) is 18.0 Å². The Labute approximate surface area is 297 Å². The second-order valence-electron chi connectivity index (χ2n) is 11.3. The molecule has 0 bridgehead atoms. The van der Waals surface area contributed by atoms with Gasteiger partial charge in [-0.05, 0) is 54.3 Å². The first kappa shape index (κ1) is 37.5. The molecule has 0 aliphatic carbocycles. The fourth-order valence-electron chi connectivity index (χ4n) is 5.99. The van der Waals surface area contributed by atoms with Gasteiger partial charge >= 0.3 is 6.18 Å².